The molecule has 2 aliphatic heterocycles. The van der Waals surface area contributed by atoms with Crippen LogP contribution in [0, 0.1) is 0 Å². The van der Waals surface area contributed by atoms with Gasteiger partial charge in [-0.25, -0.2) is 4.79 Å². The molecule has 7 heteroatoms. The quantitative estimate of drug-likeness (QED) is 0.732. The number of aliphatic hydroxyl groups excluding tert-OH is 1. The Morgan fingerprint density at radius 3 is 2.11 bits per heavy atom. The van der Waals surface area contributed by atoms with Gasteiger partial charge in [0, 0.05) is 0 Å². The molecule has 0 saturated carbocycles. The lowest BCUT2D eigenvalue weighted by molar-refractivity contribution is -0.181. The largest absolute Gasteiger partial charge is 0.508 e. The van der Waals surface area contributed by atoms with Crippen molar-refractivity contribution in [3.05, 3.63) is 71.8 Å². The van der Waals surface area contributed by atoms with E-state index in [2.05, 4.69) is 0 Å². The highest BCUT2D eigenvalue weighted by molar-refractivity contribution is 5.62. The van der Waals surface area contributed by atoms with Crippen molar-refractivity contribution in [3.63, 3.8) is 0 Å². The Morgan fingerprint density at radius 1 is 0.929 bits per heavy atom. The number of ether oxygens (including phenoxy) is 5. The lowest BCUT2D eigenvalue weighted by Gasteiger charge is -2.23. The van der Waals surface area contributed by atoms with E-state index in [4.69, 9.17) is 23.7 Å². The van der Waals surface area contributed by atoms with E-state index in [1.807, 2.05) is 60.7 Å². The molecule has 28 heavy (non-hydrogen) atoms. The molecule has 2 saturated heterocycles. The molecule has 1 unspecified atom stereocenters. The minimum Gasteiger partial charge on any atom is -0.430 e. The van der Waals surface area contributed by atoms with Crippen LogP contribution in [-0.4, -0.2) is 48.6 Å². The van der Waals surface area contributed by atoms with Gasteiger partial charge in [0.1, 0.15) is 24.9 Å². The predicted octanol–water partition coefficient (Wildman–Crippen LogP) is 2.41. The molecule has 0 aromatic heterocycles. The zero-order valence-electron chi connectivity index (χ0n) is 15.2. The average Bonchev–Trinajstić information content (AvgIpc) is 3.29. The lowest BCUT2D eigenvalue weighted by Crippen LogP contribution is -2.42. The number of benzene rings is 2. The van der Waals surface area contributed by atoms with Crippen LogP contribution < -0.4 is 0 Å². The fraction of sp³-hybridized carbons (Fsp3) is 0.381. The Morgan fingerprint density at radius 2 is 1.54 bits per heavy atom. The van der Waals surface area contributed by atoms with E-state index in [1.54, 1.807) is 0 Å². The second-order valence-corrected chi connectivity index (χ2v) is 6.73. The van der Waals surface area contributed by atoms with Crippen LogP contribution in [0.25, 0.3) is 0 Å². The van der Waals surface area contributed by atoms with E-state index in [0.29, 0.717) is 0 Å². The van der Waals surface area contributed by atoms with Crippen LogP contribution in [0.1, 0.15) is 11.1 Å². The highest BCUT2D eigenvalue weighted by Gasteiger charge is 2.51. The summed E-state index contributed by atoms with van der Waals surface area (Å²) in [6, 6.07) is 19.2. The summed E-state index contributed by atoms with van der Waals surface area (Å²) in [5, 5.41) is 10.7. The molecule has 148 valence electrons. The molecule has 2 heterocycles. The molecule has 2 aromatic carbocycles. The van der Waals surface area contributed by atoms with Gasteiger partial charge in [-0.1, -0.05) is 60.7 Å². The monoisotopic (exact) mass is 386 g/mol. The Labute approximate surface area is 162 Å². The second kappa shape index (κ2) is 8.70. The number of hydrogen-bond acceptors (Lipinski definition) is 7. The molecule has 0 spiro atoms. The van der Waals surface area contributed by atoms with Crippen LogP contribution in [0.15, 0.2) is 60.7 Å². The summed E-state index contributed by atoms with van der Waals surface area (Å²) in [7, 11) is 0. The van der Waals surface area contributed by atoms with Crippen LogP contribution >= 0.6 is 0 Å². The van der Waals surface area contributed by atoms with Crippen LogP contribution in [0.5, 0.6) is 0 Å². The first kappa shape index (κ1) is 18.9. The number of hydrogen-bond donors (Lipinski definition) is 1. The summed E-state index contributed by atoms with van der Waals surface area (Å²) in [4.78, 5) is 11.3. The number of carbonyl (C=O) groups is 1. The molecule has 2 fully saturated rings. The fourth-order valence-corrected chi connectivity index (χ4v) is 3.32. The van der Waals surface area contributed by atoms with Gasteiger partial charge in [0.05, 0.1) is 13.2 Å². The maximum absolute atomic E-state index is 11.3. The molecule has 1 N–H and O–H groups in total. The van der Waals surface area contributed by atoms with Gasteiger partial charge in [-0.3, -0.25) is 0 Å². The Hall–Kier alpha value is -2.45. The number of carbonyl (C=O) groups excluding carboxylic acids is 1. The first-order chi connectivity index (χ1) is 13.7. The molecule has 4 rings (SSSR count). The standard InChI is InChI=1S/C21H22O7/c22-17-19(24-11-14-7-3-1-4-8-14)18(16-13-26-21(23)27-16)28-20(17)25-12-15-9-5-2-6-10-15/h1-10,16-20,22H,11-13H2/t16-,17-,18+,19?,20-/m0/s1. The maximum Gasteiger partial charge on any atom is 0.508 e. The van der Waals surface area contributed by atoms with Crippen LogP contribution in [0.2, 0.25) is 0 Å². The summed E-state index contributed by atoms with van der Waals surface area (Å²) in [6.07, 6.45) is -4.75. The Balaban J connectivity index is 1.43. The smallest absolute Gasteiger partial charge is 0.430 e. The molecule has 5 atom stereocenters. The first-order valence-corrected chi connectivity index (χ1v) is 9.19. The summed E-state index contributed by atoms with van der Waals surface area (Å²) in [5.41, 5.74) is 1.92. The van der Waals surface area contributed by atoms with Crippen molar-refractivity contribution >= 4 is 6.16 Å². The zero-order valence-corrected chi connectivity index (χ0v) is 15.2. The molecule has 2 aromatic rings. The van der Waals surface area contributed by atoms with Crippen molar-refractivity contribution in [1.29, 1.82) is 0 Å². The van der Waals surface area contributed by atoms with Gasteiger partial charge >= 0.3 is 6.16 Å². The minimum atomic E-state index is -1.03. The van der Waals surface area contributed by atoms with E-state index >= 15 is 0 Å². The third-order valence-corrected chi connectivity index (χ3v) is 4.75. The topological polar surface area (TPSA) is 83.5 Å². The lowest BCUT2D eigenvalue weighted by atomic mass is 10.1. The highest BCUT2D eigenvalue weighted by atomic mass is 16.8. The summed E-state index contributed by atoms with van der Waals surface area (Å²) in [6.45, 7) is 0.615. The maximum atomic E-state index is 11.3. The Bertz CT molecular complexity index is 767. The second-order valence-electron chi connectivity index (χ2n) is 6.73. The van der Waals surface area contributed by atoms with E-state index in [9.17, 15) is 9.90 Å². The molecular weight excluding hydrogens is 364 g/mol. The summed E-state index contributed by atoms with van der Waals surface area (Å²) < 4.78 is 27.6. The molecule has 0 amide bonds. The molecule has 2 aliphatic rings. The molecule has 0 bridgehead atoms. The van der Waals surface area contributed by atoms with Crippen molar-refractivity contribution in [3.8, 4) is 0 Å². The summed E-state index contributed by atoms with van der Waals surface area (Å²) in [5.74, 6) is 0. The van der Waals surface area contributed by atoms with Gasteiger partial charge < -0.3 is 28.8 Å². The van der Waals surface area contributed by atoms with E-state index in [-0.39, 0.29) is 19.8 Å². The molecular formula is C21H22O7. The minimum absolute atomic E-state index is 0.0484. The van der Waals surface area contributed by atoms with E-state index in [1.165, 1.54) is 0 Å². The van der Waals surface area contributed by atoms with Crippen LogP contribution in [-0.2, 0) is 36.9 Å². The third kappa shape index (κ3) is 4.34. The molecule has 0 aliphatic carbocycles. The van der Waals surface area contributed by atoms with Crippen molar-refractivity contribution in [2.75, 3.05) is 6.61 Å². The normalized spacial score (nSPS) is 29.5. The van der Waals surface area contributed by atoms with Crippen molar-refractivity contribution in [1.82, 2.24) is 0 Å². The van der Waals surface area contributed by atoms with E-state index < -0.39 is 36.9 Å². The number of aliphatic hydroxyl groups is 1. The van der Waals surface area contributed by atoms with Crippen molar-refractivity contribution in [2.45, 2.75) is 43.9 Å². The third-order valence-electron chi connectivity index (χ3n) is 4.75. The van der Waals surface area contributed by atoms with Crippen molar-refractivity contribution < 1.29 is 33.6 Å². The Kier molecular flexibility index (Phi) is 5.87. The van der Waals surface area contributed by atoms with Crippen LogP contribution in [0.3, 0.4) is 0 Å². The van der Waals surface area contributed by atoms with Gasteiger partial charge in [-0.2, -0.15) is 0 Å². The van der Waals surface area contributed by atoms with Crippen molar-refractivity contribution in [2.24, 2.45) is 0 Å². The summed E-state index contributed by atoms with van der Waals surface area (Å²) >= 11 is 0. The SMILES string of the molecule is O=C1OC[C@@H]([C@H]2O[C@H](OCc3ccccc3)[C@@H](O)C2OCc2ccccc2)O1. The first-order valence-electron chi connectivity index (χ1n) is 9.19. The van der Waals surface area contributed by atoms with Gasteiger partial charge in [0.25, 0.3) is 0 Å². The highest BCUT2D eigenvalue weighted by Crippen LogP contribution is 2.31. The molecule has 0 radical (unpaired) electrons. The fourth-order valence-electron chi connectivity index (χ4n) is 3.32. The van der Waals surface area contributed by atoms with Gasteiger partial charge in [0.15, 0.2) is 12.4 Å². The van der Waals surface area contributed by atoms with Gasteiger partial charge in [0.2, 0.25) is 0 Å². The molecule has 7 nitrogen and oxygen atoms in total. The van der Waals surface area contributed by atoms with Gasteiger partial charge in [-0.15, -0.1) is 0 Å². The average molecular weight is 386 g/mol. The zero-order chi connectivity index (χ0) is 19.3. The number of rotatable bonds is 7. The van der Waals surface area contributed by atoms with Gasteiger partial charge in [-0.05, 0) is 11.1 Å². The van der Waals surface area contributed by atoms with E-state index in [0.717, 1.165) is 11.1 Å². The predicted molar refractivity (Wildman–Crippen MR) is 97.1 cm³/mol. The number of cyclic esters (lactones) is 2. The van der Waals surface area contributed by atoms with Crippen LogP contribution in [0.4, 0.5) is 4.79 Å².